The third-order valence-corrected chi connectivity index (χ3v) is 18.0. The third-order valence-electron chi connectivity index (χ3n) is 18.0. The molecule has 0 aromatic heterocycles. The Balaban J connectivity index is 1.08. The SMILES string of the molecule is C=C(C)[C@@H]1CC[C@]2(C)CC[C@@]3(C)[C@]4(C)CC[C@@H]5C(C)(C)[C@@H](O[C@@H]6O[C@H](CO)[C@@H](O[C@@H]7OC[C@@H](O)[C@H](O)[C@H]7O)[C@H](O)[C@H]6O)CC[C@]5(C)[C@H]4CC[C@]3(C)[C@@H]12. The molecule has 0 aromatic rings. The highest BCUT2D eigenvalue weighted by Gasteiger charge is 2.74. The lowest BCUT2D eigenvalue weighted by Gasteiger charge is -2.76. The lowest BCUT2D eigenvalue weighted by molar-refractivity contribution is -0.361. The number of fused-ring (bicyclic) bond motifs is 7. The van der Waals surface area contributed by atoms with Crippen molar-refractivity contribution in [2.45, 2.75) is 181 Å². The number of hydrogen-bond donors (Lipinski definition) is 6. The molecule has 0 unspecified atom stereocenters. The molecule has 298 valence electrons. The molecule has 10 nitrogen and oxygen atoms in total. The average Bonchev–Trinajstić information content (AvgIpc) is 3.45. The van der Waals surface area contributed by atoms with Gasteiger partial charge in [0.2, 0.25) is 0 Å². The summed E-state index contributed by atoms with van der Waals surface area (Å²) in [7, 11) is 0. The van der Waals surface area contributed by atoms with Crippen molar-refractivity contribution >= 4 is 0 Å². The summed E-state index contributed by atoms with van der Waals surface area (Å²) in [5.74, 6) is 2.30. The van der Waals surface area contributed by atoms with Gasteiger partial charge < -0.3 is 49.6 Å². The van der Waals surface area contributed by atoms with E-state index in [1.807, 2.05) is 0 Å². The molecule has 2 saturated heterocycles. The lowest BCUT2D eigenvalue weighted by Crippen LogP contribution is -2.70. The molecule has 2 heterocycles. The van der Waals surface area contributed by atoms with Crippen LogP contribution >= 0.6 is 0 Å². The highest BCUT2D eigenvalue weighted by Crippen LogP contribution is 2.81. The number of hydrogen-bond acceptors (Lipinski definition) is 10. The van der Waals surface area contributed by atoms with Crippen LogP contribution in [0.3, 0.4) is 0 Å². The predicted molar refractivity (Wildman–Crippen MR) is 195 cm³/mol. The van der Waals surface area contributed by atoms with Gasteiger partial charge >= 0.3 is 0 Å². The Morgan fingerprint density at radius 1 is 0.712 bits per heavy atom. The topological polar surface area (TPSA) is 158 Å². The monoisotopic (exact) mass is 734 g/mol. The van der Waals surface area contributed by atoms with Crippen molar-refractivity contribution in [1.82, 2.24) is 0 Å². The fourth-order valence-electron chi connectivity index (χ4n) is 14.9. The molecule has 7 fully saturated rings. The molecule has 0 spiro atoms. The van der Waals surface area contributed by atoms with Crippen LogP contribution in [-0.4, -0.2) is 105 Å². The molecular weight excluding hydrogens is 664 g/mol. The van der Waals surface area contributed by atoms with Crippen molar-refractivity contribution in [1.29, 1.82) is 0 Å². The Morgan fingerprint density at radius 3 is 2.04 bits per heavy atom. The van der Waals surface area contributed by atoms with Crippen LogP contribution in [0.25, 0.3) is 0 Å². The van der Waals surface area contributed by atoms with E-state index in [1.54, 1.807) is 0 Å². The summed E-state index contributed by atoms with van der Waals surface area (Å²) < 4.78 is 23.9. The van der Waals surface area contributed by atoms with Gasteiger partial charge in [0.15, 0.2) is 12.6 Å². The van der Waals surface area contributed by atoms with E-state index in [9.17, 15) is 30.6 Å². The van der Waals surface area contributed by atoms with Gasteiger partial charge in [-0.3, -0.25) is 0 Å². The van der Waals surface area contributed by atoms with Gasteiger partial charge in [-0.15, -0.1) is 0 Å². The summed E-state index contributed by atoms with van der Waals surface area (Å²) in [6.45, 7) is 23.8. The number of aliphatic hydroxyl groups is 6. The minimum absolute atomic E-state index is 0.127. The summed E-state index contributed by atoms with van der Waals surface area (Å²) in [6.07, 6.45) is -0.739. The molecule has 0 aromatic carbocycles. The van der Waals surface area contributed by atoms with Crippen molar-refractivity contribution in [3.63, 3.8) is 0 Å². The van der Waals surface area contributed by atoms with E-state index in [2.05, 4.69) is 62.0 Å². The Morgan fingerprint density at radius 2 is 1.37 bits per heavy atom. The number of rotatable bonds is 6. The first-order valence-electron chi connectivity index (χ1n) is 20.4. The lowest BCUT2D eigenvalue weighted by atomic mass is 9.29. The molecule has 0 radical (unpaired) electrons. The summed E-state index contributed by atoms with van der Waals surface area (Å²) in [5, 5.41) is 63.2. The molecule has 19 atom stereocenters. The van der Waals surface area contributed by atoms with Gasteiger partial charge in [-0.05, 0) is 127 Å². The molecule has 7 aliphatic rings. The normalized spacial score (nSPS) is 57.3. The van der Waals surface area contributed by atoms with Crippen LogP contribution in [0.1, 0.15) is 120 Å². The van der Waals surface area contributed by atoms with Crippen LogP contribution in [0, 0.1) is 56.2 Å². The van der Waals surface area contributed by atoms with Crippen molar-refractivity contribution < 1.29 is 49.6 Å². The van der Waals surface area contributed by atoms with Gasteiger partial charge in [0, 0.05) is 0 Å². The standard InChI is InChI=1S/C42H70O10/c1-22(2)23-10-14-38(5)18-19-42(9)40(7)16-11-26-37(3,4)28(13-15-39(26,6)27(40)12-17-41(42,8)34(23)38)51-36-32(48)30(46)33(25(20-43)50-36)52-35-31(47)29(45)24(44)21-49-35/h23-36,43-48H,1,10-21H2,2-9H3/t23-,24+,25+,26+,27+,28-,29-,30+,31+,32+,33+,34-,35-,36-,38+,39-,40+,41+,42-/m0/s1. The Bertz CT molecular complexity index is 1360. The zero-order valence-corrected chi connectivity index (χ0v) is 33.1. The smallest absolute Gasteiger partial charge is 0.186 e. The van der Waals surface area contributed by atoms with Gasteiger partial charge in [0.05, 0.1) is 19.3 Å². The van der Waals surface area contributed by atoms with Crippen LogP contribution in [0.5, 0.6) is 0 Å². The quantitative estimate of drug-likeness (QED) is 0.167. The van der Waals surface area contributed by atoms with Gasteiger partial charge in [-0.2, -0.15) is 0 Å². The van der Waals surface area contributed by atoms with Crippen molar-refractivity contribution in [3.05, 3.63) is 12.2 Å². The van der Waals surface area contributed by atoms with Crippen LogP contribution in [0.4, 0.5) is 0 Å². The Labute approximate surface area is 311 Å². The van der Waals surface area contributed by atoms with Crippen LogP contribution in [-0.2, 0) is 18.9 Å². The Hall–Kier alpha value is -0.660. The summed E-state index contributed by atoms with van der Waals surface area (Å²) >= 11 is 0. The number of ether oxygens (including phenoxy) is 4. The molecule has 2 aliphatic heterocycles. The second kappa shape index (κ2) is 13.2. The van der Waals surface area contributed by atoms with E-state index in [-0.39, 0.29) is 39.8 Å². The highest BCUT2D eigenvalue weighted by molar-refractivity contribution is 5.24. The summed E-state index contributed by atoms with van der Waals surface area (Å²) in [4.78, 5) is 0. The average molecular weight is 735 g/mol. The van der Waals surface area contributed by atoms with Crippen molar-refractivity contribution in [2.24, 2.45) is 56.2 Å². The molecule has 6 N–H and O–H groups in total. The summed E-state index contributed by atoms with van der Waals surface area (Å²) in [6, 6.07) is 0. The largest absolute Gasteiger partial charge is 0.394 e. The zero-order chi connectivity index (χ0) is 38.0. The first-order valence-corrected chi connectivity index (χ1v) is 20.4. The second-order valence-corrected chi connectivity index (χ2v) is 20.5. The maximum absolute atomic E-state index is 11.3. The van der Waals surface area contributed by atoms with E-state index < -0.39 is 61.9 Å². The van der Waals surface area contributed by atoms with E-state index >= 15 is 0 Å². The maximum atomic E-state index is 11.3. The molecule has 7 rings (SSSR count). The van der Waals surface area contributed by atoms with E-state index in [1.165, 1.54) is 50.5 Å². The first kappa shape index (κ1) is 39.6. The van der Waals surface area contributed by atoms with E-state index in [0.29, 0.717) is 29.1 Å². The minimum atomic E-state index is -1.59. The molecule has 0 bridgehead atoms. The zero-order valence-electron chi connectivity index (χ0n) is 33.1. The number of allylic oxidation sites excluding steroid dienone is 1. The fourth-order valence-corrected chi connectivity index (χ4v) is 14.9. The summed E-state index contributed by atoms with van der Waals surface area (Å²) in [5.41, 5.74) is 2.39. The molecule has 10 heteroatoms. The highest BCUT2D eigenvalue weighted by atomic mass is 16.7. The van der Waals surface area contributed by atoms with Crippen LogP contribution in [0.2, 0.25) is 0 Å². The maximum Gasteiger partial charge on any atom is 0.186 e. The predicted octanol–water partition coefficient (Wildman–Crippen LogP) is 4.70. The molecule has 0 amide bonds. The van der Waals surface area contributed by atoms with Gasteiger partial charge in [0.25, 0.3) is 0 Å². The fraction of sp³-hybridized carbons (Fsp3) is 0.952. The Kier molecular flexibility index (Phi) is 10.0. The molecular formula is C42H70O10. The first-order chi connectivity index (χ1) is 24.2. The van der Waals surface area contributed by atoms with Gasteiger partial charge in [-0.1, -0.05) is 60.6 Å². The van der Waals surface area contributed by atoms with Crippen LogP contribution < -0.4 is 0 Å². The minimum Gasteiger partial charge on any atom is -0.394 e. The van der Waals surface area contributed by atoms with Crippen molar-refractivity contribution in [2.75, 3.05) is 13.2 Å². The van der Waals surface area contributed by atoms with E-state index in [0.717, 1.165) is 19.3 Å². The molecule has 52 heavy (non-hydrogen) atoms. The molecule has 5 aliphatic carbocycles. The third kappa shape index (κ3) is 5.46. The molecule has 5 saturated carbocycles. The van der Waals surface area contributed by atoms with Crippen molar-refractivity contribution in [3.8, 4) is 0 Å². The van der Waals surface area contributed by atoms with Gasteiger partial charge in [0.1, 0.15) is 42.7 Å². The van der Waals surface area contributed by atoms with E-state index in [4.69, 9.17) is 18.9 Å². The van der Waals surface area contributed by atoms with Crippen LogP contribution in [0.15, 0.2) is 12.2 Å². The number of aliphatic hydroxyl groups excluding tert-OH is 6. The second-order valence-electron chi connectivity index (χ2n) is 20.5. The van der Waals surface area contributed by atoms with Gasteiger partial charge in [-0.25, -0.2) is 0 Å².